The lowest BCUT2D eigenvalue weighted by molar-refractivity contribution is 0.0633. The third kappa shape index (κ3) is 3.60. The predicted octanol–water partition coefficient (Wildman–Crippen LogP) is 1.32. The van der Waals surface area contributed by atoms with E-state index in [9.17, 15) is 9.59 Å². The number of likely N-dealkylation sites (N-methyl/N-ethyl adjacent to an activating group) is 1. The zero-order valence-corrected chi connectivity index (χ0v) is 15.7. The Balaban J connectivity index is 1.46. The van der Waals surface area contributed by atoms with Gasteiger partial charge in [0.05, 0.1) is 6.54 Å². The molecule has 2 aliphatic heterocycles. The molecule has 0 N–H and O–H groups in total. The van der Waals surface area contributed by atoms with Gasteiger partial charge in [0.1, 0.15) is 5.69 Å². The number of benzene rings is 1. The summed E-state index contributed by atoms with van der Waals surface area (Å²) >= 11 is 0. The molecule has 7 heteroatoms. The maximum absolute atomic E-state index is 12.8. The molecule has 1 aromatic carbocycles. The predicted molar refractivity (Wildman–Crippen MR) is 101 cm³/mol. The van der Waals surface area contributed by atoms with Gasteiger partial charge in [-0.3, -0.25) is 14.3 Å². The summed E-state index contributed by atoms with van der Waals surface area (Å²) in [7, 11) is 0. The first kappa shape index (κ1) is 17.7. The number of rotatable bonds is 4. The van der Waals surface area contributed by atoms with E-state index in [2.05, 4.69) is 16.9 Å². The fraction of sp³-hybridized carbons (Fsp3) is 0.450. The number of fused-ring (bicyclic) bond motifs is 1. The van der Waals surface area contributed by atoms with Crippen molar-refractivity contribution in [3.05, 3.63) is 53.3 Å². The third-order valence-electron chi connectivity index (χ3n) is 5.41. The summed E-state index contributed by atoms with van der Waals surface area (Å²) in [6.45, 7) is 8.13. The second kappa shape index (κ2) is 7.52. The molecule has 0 radical (unpaired) electrons. The van der Waals surface area contributed by atoms with Gasteiger partial charge in [-0.2, -0.15) is 5.10 Å². The van der Waals surface area contributed by atoms with Crippen molar-refractivity contribution >= 4 is 11.8 Å². The summed E-state index contributed by atoms with van der Waals surface area (Å²) in [5.74, 6) is -0.137. The normalized spacial score (nSPS) is 17.9. The monoisotopic (exact) mass is 367 g/mol. The standard InChI is InChI=1S/C20H25N5O2/c1-2-22-8-10-23(11-9-22)19(26)17-14-18-20(27)24(12-13-25(18)21-17)15-16-6-4-3-5-7-16/h3-7,14H,2,8-13,15H2,1H3. The lowest BCUT2D eigenvalue weighted by Gasteiger charge is -2.33. The fourth-order valence-electron chi connectivity index (χ4n) is 3.73. The van der Waals surface area contributed by atoms with Crippen LogP contribution in [0.5, 0.6) is 0 Å². The van der Waals surface area contributed by atoms with Crippen molar-refractivity contribution in [2.24, 2.45) is 0 Å². The summed E-state index contributed by atoms with van der Waals surface area (Å²) in [6.07, 6.45) is 0. The summed E-state index contributed by atoms with van der Waals surface area (Å²) in [6, 6.07) is 11.6. The SMILES string of the molecule is CCN1CCN(C(=O)c2cc3n(n2)CCN(Cc2ccccc2)C3=O)CC1. The van der Waals surface area contributed by atoms with E-state index in [4.69, 9.17) is 0 Å². The highest BCUT2D eigenvalue weighted by atomic mass is 16.2. The molecule has 0 atom stereocenters. The largest absolute Gasteiger partial charge is 0.335 e. The van der Waals surface area contributed by atoms with E-state index in [-0.39, 0.29) is 11.8 Å². The molecule has 7 nitrogen and oxygen atoms in total. The average Bonchev–Trinajstić information content (AvgIpc) is 3.16. The van der Waals surface area contributed by atoms with Gasteiger partial charge in [0.2, 0.25) is 0 Å². The Labute approximate surface area is 159 Å². The van der Waals surface area contributed by atoms with Crippen molar-refractivity contribution in [3.63, 3.8) is 0 Å². The molecular weight excluding hydrogens is 342 g/mol. The Morgan fingerprint density at radius 3 is 2.48 bits per heavy atom. The van der Waals surface area contributed by atoms with E-state index in [1.54, 1.807) is 10.7 Å². The van der Waals surface area contributed by atoms with Crippen molar-refractivity contribution in [2.75, 3.05) is 39.3 Å². The molecule has 142 valence electrons. The van der Waals surface area contributed by atoms with E-state index in [0.717, 1.165) is 25.2 Å². The minimum atomic E-state index is -0.0740. The van der Waals surface area contributed by atoms with Crippen LogP contribution in [0.25, 0.3) is 0 Å². The van der Waals surface area contributed by atoms with Crippen LogP contribution in [0.1, 0.15) is 33.5 Å². The molecule has 3 heterocycles. The number of nitrogens with zero attached hydrogens (tertiary/aromatic N) is 5. The number of hydrogen-bond acceptors (Lipinski definition) is 4. The Morgan fingerprint density at radius 2 is 1.78 bits per heavy atom. The fourth-order valence-corrected chi connectivity index (χ4v) is 3.73. The summed E-state index contributed by atoms with van der Waals surface area (Å²) in [5.41, 5.74) is 1.99. The zero-order chi connectivity index (χ0) is 18.8. The van der Waals surface area contributed by atoms with Gasteiger partial charge in [-0.15, -0.1) is 0 Å². The van der Waals surface area contributed by atoms with E-state index in [1.807, 2.05) is 40.1 Å². The van der Waals surface area contributed by atoms with E-state index in [0.29, 0.717) is 44.1 Å². The number of carbonyl (C=O) groups excluding carboxylic acids is 2. The van der Waals surface area contributed by atoms with Crippen LogP contribution >= 0.6 is 0 Å². The summed E-state index contributed by atoms with van der Waals surface area (Å²) in [4.78, 5) is 31.6. The molecule has 0 aliphatic carbocycles. The van der Waals surface area contributed by atoms with Crippen LogP contribution in [0.4, 0.5) is 0 Å². The van der Waals surface area contributed by atoms with Crippen LogP contribution in [0.2, 0.25) is 0 Å². The molecule has 2 aromatic rings. The highest BCUT2D eigenvalue weighted by Gasteiger charge is 2.30. The second-order valence-corrected chi connectivity index (χ2v) is 7.08. The minimum absolute atomic E-state index is 0.0625. The Morgan fingerprint density at radius 1 is 1.04 bits per heavy atom. The molecule has 0 unspecified atom stereocenters. The second-order valence-electron chi connectivity index (χ2n) is 7.08. The summed E-state index contributed by atoms with van der Waals surface area (Å²) < 4.78 is 1.68. The van der Waals surface area contributed by atoms with Crippen LogP contribution < -0.4 is 0 Å². The van der Waals surface area contributed by atoms with E-state index < -0.39 is 0 Å². The summed E-state index contributed by atoms with van der Waals surface area (Å²) in [5, 5.41) is 4.42. The van der Waals surface area contributed by atoms with Gasteiger partial charge in [0, 0.05) is 45.3 Å². The van der Waals surface area contributed by atoms with Crippen LogP contribution in [-0.2, 0) is 13.1 Å². The Kier molecular flexibility index (Phi) is 4.94. The van der Waals surface area contributed by atoms with E-state index in [1.165, 1.54) is 0 Å². The van der Waals surface area contributed by atoms with Crippen molar-refractivity contribution < 1.29 is 9.59 Å². The van der Waals surface area contributed by atoms with Crippen LogP contribution in [-0.4, -0.2) is 75.6 Å². The lowest BCUT2D eigenvalue weighted by Crippen LogP contribution is -2.48. The van der Waals surface area contributed by atoms with Gasteiger partial charge in [-0.05, 0) is 12.1 Å². The van der Waals surface area contributed by atoms with E-state index >= 15 is 0 Å². The number of carbonyl (C=O) groups is 2. The van der Waals surface area contributed by atoms with Gasteiger partial charge in [-0.1, -0.05) is 37.3 Å². The van der Waals surface area contributed by atoms with Crippen LogP contribution in [0.3, 0.4) is 0 Å². The van der Waals surface area contributed by atoms with Gasteiger partial charge in [0.15, 0.2) is 5.69 Å². The molecule has 4 rings (SSSR count). The molecule has 0 saturated carbocycles. The van der Waals surface area contributed by atoms with Gasteiger partial charge >= 0.3 is 0 Å². The zero-order valence-electron chi connectivity index (χ0n) is 15.7. The van der Waals surface area contributed by atoms with Gasteiger partial charge in [0.25, 0.3) is 11.8 Å². The Bertz CT molecular complexity index is 824. The van der Waals surface area contributed by atoms with Crippen molar-refractivity contribution in [1.82, 2.24) is 24.5 Å². The first-order valence-electron chi connectivity index (χ1n) is 9.58. The van der Waals surface area contributed by atoms with Crippen molar-refractivity contribution in [3.8, 4) is 0 Å². The van der Waals surface area contributed by atoms with Crippen molar-refractivity contribution in [1.29, 1.82) is 0 Å². The molecular formula is C20H25N5O2. The smallest absolute Gasteiger partial charge is 0.274 e. The molecule has 1 saturated heterocycles. The highest BCUT2D eigenvalue weighted by Crippen LogP contribution is 2.18. The molecule has 0 bridgehead atoms. The van der Waals surface area contributed by atoms with Crippen LogP contribution in [0, 0.1) is 0 Å². The maximum Gasteiger partial charge on any atom is 0.274 e. The number of hydrogen-bond donors (Lipinski definition) is 0. The maximum atomic E-state index is 12.8. The minimum Gasteiger partial charge on any atom is -0.335 e. The third-order valence-corrected chi connectivity index (χ3v) is 5.41. The molecule has 1 aromatic heterocycles. The molecule has 0 spiro atoms. The number of piperazine rings is 1. The van der Waals surface area contributed by atoms with Crippen LogP contribution in [0.15, 0.2) is 36.4 Å². The quantitative estimate of drug-likeness (QED) is 0.818. The molecule has 2 aliphatic rings. The number of aromatic nitrogens is 2. The van der Waals surface area contributed by atoms with Gasteiger partial charge in [-0.25, -0.2) is 0 Å². The van der Waals surface area contributed by atoms with Gasteiger partial charge < -0.3 is 14.7 Å². The average molecular weight is 367 g/mol. The molecule has 2 amide bonds. The Hall–Kier alpha value is -2.67. The molecule has 1 fully saturated rings. The lowest BCUT2D eigenvalue weighted by atomic mass is 10.2. The molecule has 27 heavy (non-hydrogen) atoms. The highest BCUT2D eigenvalue weighted by molar-refractivity contribution is 5.98. The van der Waals surface area contributed by atoms with Crippen molar-refractivity contribution in [2.45, 2.75) is 20.0 Å². The first-order chi connectivity index (χ1) is 13.2. The number of amides is 2. The topological polar surface area (TPSA) is 61.7 Å². The first-order valence-corrected chi connectivity index (χ1v) is 9.58.